The lowest BCUT2D eigenvalue weighted by molar-refractivity contribution is -0.126. The lowest BCUT2D eigenvalue weighted by Gasteiger charge is -2.17. The van der Waals surface area contributed by atoms with Crippen molar-refractivity contribution in [3.8, 4) is 6.07 Å². The van der Waals surface area contributed by atoms with E-state index in [9.17, 15) is 10.1 Å². The largest absolute Gasteiger partial charge is 0.349 e. The predicted molar refractivity (Wildman–Crippen MR) is 85.7 cm³/mol. The van der Waals surface area contributed by atoms with Gasteiger partial charge in [0.05, 0.1) is 0 Å². The Kier molecular flexibility index (Phi) is 6.23. The molecule has 4 heteroatoms. The minimum absolute atomic E-state index is 0.192. The normalized spacial score (nSPS) is 11.3. The molecule has 1 aromatic heterocycles. The van der Waals surface area contributed by atoms with Crippen LogP contribution in [0.4, 0.5) is 0 Å². The first-order valence-corrected chi connectivity index (χ1v) is 7.57. The van der Waals surface area contributed by atoms with Gasteiger partial charge in [-0.1, -0.05) is 6.92 Å². The van der Waals surface area contributed by atoms with Crippen molar-refractivity contribution in [2.24, 2.45) is 0 Å². The molecule has 0 bridgehead atoms. The Hall–Kier alpha value is -2.02. The number of aryl methyl sites for hydroxylation is 1. The van der Waals surface area contributed by atoms with E-state index < -0.39 is 0 Å². The van der Waals surface area contributed by atoms with Crippen molar-refractivity contribution in [1.29, 1.82) is 5.26 Å². The fourth-order valence-corrected chi connectivity index (χ4v) is 2.52. The van der Waals surface area contributed by atoms with Crippen molar-refractivity contribution in [1.82, 2.24) is 9.47 Å². The van der Waals surface area contributed by atoms with Crippen LogP contribution in [0.3, 0.4) is 0 Å². The molecule has 0 aliphatic heterocycles. The van der Waals surface area contributed by atoms with Crippen LogP contribution < -0.4 is 0 Å². The minimum Gasteiger partial charge on any atom is -0.349 e. The molecule has 0 saturated carbocycles. The molecule has 0 aromatic carbocycles. The van der Waals surface area contributed by atoms with Crippen molar-refractivity contribution in [2.75, 3.05) is 13.1 Å². The van der Waals surface area contributed by atoms with Gasteiger partial charge in [0.15, 0.2) is 0 Å². The molecule has 21 heavy (non-hydrogen) atoms. The van der Waals surface area contributed by atoms with Crippen molar-refractivity contribution in [3.63, 3.8) is 0 Å². The number of carbonyl (C=O) groups is 1. The zero-order valence-electron chi connectivity index (χ0n) is 13.7. The van der Waals surface area contributed by atoms with Gasteiger partial charge in [0.25, 0.3) is 5.91 Å². The summed E-state index contributed by atoms with van der Waals surface area (Å²) in [5.74, 6) is -0.192. The molecule has 0 aliphatic rings. The second-order valence-electron chi connectivity index (χ2n) is 5.13. The summed E-state index contributed by atoms with van der Waals surface area (Å²) in [5, 5.41) is 9.30. The number of aromatic nitrogens is 1. The van der Waals surface area contributed by atoms with Crippen molar-refractivity contribution >= 4 is 12.0 Å². The third-order valence-corrected chi connectivity index (χ3v) is 3.76. The topological polar surface area (TPSA) is 49.0 Å². The Labute approximate surface area is 127 Å². The Bertz CT molecular complexity index is 572. The Morgan fingerprint density at radius 1 is 1.33 bits per heavy atom. The molecule has 0 aliphatic carbocycles. The van der Waals surface area contributed by atoms with Gasteiger partial charge < -0.3 is 9.47 Å². The average molecular weight is 287 g/mol. The molecule has 0 atom stereocenters. The van der Waals surface area contributed by atoms with Gasteiger partial charge in [-0.15, -0.1) is 0 Å². The number of hydrogen-bond acceptors (Lipinski definition) is 2. The number of likely N-dealkylation sites (N-methyl/N-ethyl adjacent to an activating group) is 1. The molecule has 114 valence electrons. The summed E-state index contributed by atoms with van der Waals surface area (Å²) in [7, 11) is 0. The first kappa shape index (κ1) is 17.0. The quantitative estimate of drug-likeness (QED) is 0.595. The van der Waals surface area contributed by atoms with Crippen molar-refractivity contribution < 1.29 is 4.79 Å². The lowest BCUT2D eigenvalue weighted by atomic mass is 10.1. The molecule has 0 saturated heterocycles. The third kappa shape index (κ3) is 3.75. The summed E-state index contributed by atoms with van der Waals surface area (Å²) in [6.07, 6.45) is 2.78. The van der Waals surface area contributed by atoms with Gasteiger partial charge in [-0.3, -0.25) is 4.79 Å². The monoisotopic (exact) mass is 287 g/mol. The van der Waals surface area contributed by atoms with E-state index in [1.165, 1.54) is 0 Å². The lowest BCUT2D eigenvalue weighted by Crippen LogP contribution is -2.31. The van der Waals surface area contributed by atoms with E-state index in [0.717, 1.165) is 29.9 Å². The average Bonchev–Trinajstić information content (AvgIpc) is 2.73. The summed E-state index contributed by atoms with van der Waals surface area (Å²) in [5.41, 5.74) is 3.43. The van der Waals surface area contributed by atoms with Gasteiger partial charge >= 0.3 is 0 Å². The molecule has 0 spiro atoms. The van der Waals surface area contributed by atoms with E-state index in [-0.39, 0.29) is 11.5 Å². The van der Waals surface area contributed by atoms with Crippen LogP contribution in [-0.4, -0.2) is 28.5 Å². The number of carbonyl (C=O) groups excluding carboxylic acids is 1. The van der Waals surface area contributed by atoms with Crippen LogP contribution in [-0.2, 0) is 11.3 Å². The Morgan fingerprint density at radius 2 is 1.95 bits per heavy atom. The van der Waals surface area contributed by atoms with Gasteiger partial charge in [0, 0.05) is 31.0 Å². The second-order valence-corrected chi connectivity index (χ2v) is 5.13. The van der Waals surface area contributed by atoms with Crippen LogP contribution in [0.25, 0.3) is 6.08 Å². The predicted octanol–water partition coefficient (Wildman–Crippen LogP) is 3.29. The SMILES string of the molecule is CCCn1c(C)cc(C=C(C#N)C(=O)N(CC)CC)c1C. The second kappa shape index (κ2) is 7.68. The van der Waals surface area contributed by atoms with Gasteiger partial charge in [-0.2, -0.15) is 5.26 Å². The first-order valence-electron chi connectivity index (χ1n) is 7.57. The van der Waals surface area contributed by atoms with Gasteiger partial charge in [-0.25, -0.2) is 0 Å². The molecule has 1 amide bonds. The van der Waals surface area contributed by atoms with Crippen molar-refractivity contribution in [2.45, 2.75) is 47.6 Å². The molecule has 0 fully saturated rings. The number of nitriles is 1. The maximum atomic E-state index is 12.3. The smallest absolute Gasteiger partial charge is 0.264 e. The van der Waals surface area contributed by atoms with E-state index in [1.54, 1.807) is 11.0 Å². The molecule has 1 rings (SSSR count). The molecular weight excluding hydrogens is 262 g/mol. The molecule has 0 radical (unpaired) electrons. The minimum atomic E-state index is -0.192. The maximum absolute atomic E-state index is 12.3. The third-order valence-electron chi connectivity index (χ3n) is 3.76. The van der Waals surface area contributed by atoms with Gasteiger partial charge in [0.2, 0.25) is 0 Å². The van der Waals surface area contributed by atoms with E-state index in [0.29, 0.717) is 13.1 Å². The van der Waals surface area contributed by atoms with Crippen LogP contribution in [0.2, 0.25) is 0 Å². The first-order chi connectivity index (χ1) is 9.99. The summed E-state index contributed by atoms with van der Waals surface area (Å²) < 4.78 is 2.22. The molecule has 0 unspecified atom stereocenters. The molecule has 4 nitrogen and oxygen atoms in total. The fourth-order valence-electron chi connectivity index (χ4n) is 2.52. The number of amides is 1. The van der Waals surface area contributed by atoms with Crippen LogP contribution in [0.5, 0.6) is 0 Å². The number of hydrogen-bond donors (Lipinski definition) is 0. The van der Waals surface area contributed by atoms with Gasteiger partial charge in [-0.05, 0) is 51.8 Å². The summed E-state index contributed by atoms with van der Waals surface area (Å²) >= 11 is 0. The molecule has 0 N–H and O–H groups in total. The zero-order valence-corrected chi connectivity index (χ0v) is 13.7. The van der Waals surface area contributed by atoms with E-state index in [4.69, 9.17) is 0 Å². The van der Waals surface area contributed by atoms with Crippen LogP contribution >= 0.6 is 0 Å². The highest BCUT2D eigenvalue weighted by molar-refractivity contribution is 6.01. The Morgan fingerprint density at radius 3 is 2.43 bits per heavy atom. The maximum Gasteiger partial charge on any atom is 0.264 e. The molecule has 1 aromatic rings. The van der Waals surface area contributed by atoms with E-state index >= 15 is 0 Å². The highest BCUT2D eigenvalue weighted by atomic mass is 16.2. The van der Waals surface area contributed by atoms with Gasteiger partial charge in [0.1, 0.15) is 11.6 Å². The fraction of sp³-hybridized carbons (Fsp3) is 0.529. The standard InChI is InChI=1S/C17H25N3O/c1-6-9-20-13(4)10-15(14(20)5)11-16(12-18)17(21)19(7-2)8-3/h10-11H,6-9H2,1-5H3. The highest BCUT2D eigenvalue weighted by Gasteiger charge is 2.16. The summed E-state index contributed by atoms with van der Waals surface area (Å²) in [6.45, 7) is 12.2. The van der Waals surface area contributed by atoms with Crippen LogP contribution in [0.15, 0.2) is 11.6 Å². The van der Waals surface area contributed by atoms with E-state index in [2.05, 4.69) is 18.4 Å². The van der Waals surface area contributed by atoms with E-state index in [1.807, 2.05) is 32.9 Å². The van der Waals surface area contributed by atoms with Crippen LogP contribution in [0, 0.1) is 25.2 Å². The molecular formula is C17H25N3O. The number of nitrogens with zero attached hydrogens (tertiary/aromatic N) is 3. The number of rotatable bonds is 6. The Balaban J connectivity index is 3.18. The summed E-state index contributed by atoms with van der Waals surface area (Å²) in [6, 6.07) is 4.09. The highest BCUT2D eigenvalue weighted by Crippen LogP contribution is 2.19. The summed E-state index contributed by atoms with van der Waals surface area (Å²) in [4.78, 5) is 14.0. The zero-order chi connectivity index (χ0) is 16.0. The molecule has 1 heterocycles. The van der Waals surface area contributed by atoms with Crippen molar-refractivity contribution in [3.05, 3.63) is 28.6 Å². The van der Waals surface area contributed by atoms with Crippen LogP contribution in [0.1, 0.15) is 44.1 Å².